The monoisotopic (exact) mass is 399 g/mol. The number of nitrogens with zero attached hydrogens (tertiary/aromatic N) is 2. The van der Waals surface area contributed by atoms with Gasteiger partial charge in [-0.15, -0.1) is 0 Å². The summed E-state index contributed by atoms with van der Waals surface area (Å²) in [6.07, 6.45) is 2.27. The SMILES string of the molecule is CCN(CC)CCCC(C)Nc1c2ccccc2nc2c(Cl)cc(OC)cc12. The standard InChI is InChI=1S/C23H30ClN3O/c1-5-27(6-2)13-9-10-16(3)25-22-18-11-7-8-12-21(18)26-23-19(22)14-17(28-4)15-20(23)24/h7-8,11-12,14-16H,5-6,9-10,13H2,1-4H3,(H,25,26). The Bertz CT molecular complexity index is 940. The average molecular weight is 400 g/mol. The van der Waals surface area contributed by atoms with Crippen LogP contribution in [0.3, 0.4) is 0 Å². The van der Waals surface area contributed by atoms with Crippen molar-refractivity contribution in [3.63, 3.8) is 0 Å². The molecular formula is C23H30ClN3O. The summed E-state index contributed by atoms with van der Waals surface area (Å²) in [5.74, 6) is 0.742. The minimum atomic E-state index is 0.342. The molecule has 5 heteroatoms. The Morgan fingerprint density at radius 2 is 1.89 bits per heavy atom. The molecule has 1 N–H and O–H groups in total. The molecule has 0 aliphatic rings. The zero-order valence-corrected chi connectivity index (χ0v) is 18.0. The molecule has 0 aliphatic carbocycles. The largest absolute Gasteiger partial charge is 0.497 e. The van der Waals surface area contributed by atoms with Crippen LogP contribution in [0, 0.1) is 0 Å². The van der Waals surface area contributed by atoms with Gasteiger partial charge in [0.25, 0.3) is 0 Å². The van der Waals surface area contributed by atoms with Crippen molar-refractivity contribution in [3.8, 4) is 5.75 Å². The van der Waals surface area contributed by atoms with E-state index in [1.54, 1.807) is 7.11 Å². The van der Waals surface area contributed by atoms with Gasteiger partial charge in [-0.2, -0.15) is 0 Å². The second kappa shape index (κ2) is 9.44. The third kappa shape index (κ3) is 4.50. The Balaban J connectivity index is 1.94. The van der Waals surface area contributed by atoms with Gasteiger partial charge in [-0.25, -0.2) is 4.98 Å². The van der Waals surface area contributed by atoms with Crippen LogP contribution in [0.5, 0.6) is 5.75 Å². The lowest BCUT2D eigenvalue weighted by Gasteiger charge is -2.22. The maximum Gasteiger partial charge on any atom is 0.121 e. The Kier molecular flexibility index (Phi) is 6.97. The summed E-state index contributed by atoms with van der Waals surface area (Å²) in [6, 6.07) is 12.4. The molecule has 3 rings (SSSR count). The Hall–Kier alpha value is -2.04. The van der Waals surface area contributed by atoms with E-state index in [0.29, 0.717) is 11.1 Å². The topological polar surface area (TPSA) is 37.4 Å². The van der Waals surface area contributed by atoms with Crippen LogP contribution in [-0.4, -0.2) is 42.7 Å². The molecule has 0 bridgehead atoms. The molecule has 150 valence electrons. The number of fused-ring (bicyclic) bond motifs is 2. The van der Waals surface area contributed by atoms with Crippen LogP contribution in [0.25, 0.3) is 21.8 Å². The highest BCUT2D eigenvalue weighted by Gasteiger charge is 2.15. The number of rotatable bonds is 9. The molecule has 0 spiro atoms. The summed E-state index contributed by atoms with van der Waals surface area (Å²) < 4.78 is 5.45. The minimum absolute atomic E-state index is 0.342. The predicted octanol–water partition coefficient (Wildman–Crippen LogP) is 5.97. The Labute approximate surface area is 172 Å². The summed E-state index contributed by atoms with van der Waals surface area (Å²) in [4.78, 5) is 7.26. The number of methoxy groups -OCH3 is 1. The van der Waals surface area contributed by atoms with E-state index in [1.165, 1.54) is 6.42 Å². The zero-order chi connectivity index (χ0) is 20.1. The number of nitrogens with one attached hydrogen (secondary N) is 1. The van der Waals surface area contributed by atoms with Gasteiger partial charge in [0.05, 0.1) is 28.9 Å². The van der Waals surface area contributed by atoms with Crippen LogP contribution in [0.2, 0.25) is 5.02 Å². The highest BCUT2D eigenvalue weighted by atomic mass is 35.5. The summed E-state index contributed by atoms with van der Waals surface area (Å²) in [7, 11) is 1.66. The number of aromatic nitrogens is 1. The fourth-order valence-corrected chi connectivity index (χ4v) is 3.93. The lowest BCUT2D eigenvalue weighted by atomic mass is 10.1. The van der Waals surface area contributed by atoms with E-state index in [1.807, 2.05) is 30.3 Å². The number of para-hydroxylation sites is 1. The lowest BCUT2D eigenvalue weighted by Crippen LogP contribution is -2.25. The Morgan fingerprint density at radius 3 is 2.61 bits per heavy atom. The van der Waals surface area contributed by atoms with E-state index >= 15 is 0 Å². The van der Waals surface area contributed by atoms with Gasteiger partial charge in [0.1, 0.15) is 5.75 Å². The highest BCUT2D eigenvalue weighted by Crippen LogP contribution is 2.37. The first-order valence-corrected chi connectivity index (χ1v) is 10.5. The summed E-state index contributed by atoms with van der Waals surface area (Å²) >= 11 is 6.52. The molecule has 0 amide bonds. The molecule has 1 aromatic heterocycles. The van der Waals surface area contributed by atoms with Gasteiger partial charge >= 0.3 is 0 Å². The molecule has 0 saturated carbocycles. The van der Waals surface area contributed by atoms with Gasteiger partial charge in [0, 0.05) is 22.9 Å². The second-order valence-electron chi connectivity index (χ2n) is 7.22. The van der Waals surface area contributed by atoms with Crippen molar-refractivity contribution >= 4 is 39.1 Å². The van der Waals surface area contributed by atoms with Gasteiger partial charge in [0.2, 0.25) is 0 Å². The molecule has 0 fully saturated rings. The maximum absolute atomic E-state index is 6.52. The fourth-order valence-electron chi connectivity index (χ4n) is 3.68. The number of anilines is 1. The van der Waals surface area contributed by atoms with Crippen molar-refractivity contribution < 1.29 is 4.74 Å². The molecule has 28 heavy (non-hydrogen) atoms. The third-order valence-electron chi connectivity index (χ3n) is 5.34. The van der Waals surface area contributed by atoms with E-state index in [-0.39, 0.29) is 0 Å². The average Bonchev–Trinajstić information content (AvgIpc) is 2.71. The zero-order valence-electron chi connectivity index (χ0n) is 17.3. The smallest absolute Gasteiger partial charge is 0.121 e. The van der Waals surface area contributed by atoms with E-state index in [0.717, 1.165) is 59.3 Å². The van der Waals surface area contributed by atoms with Crippen LogP contribution >= 0.6 is 11.6 Å². The van der Waals surface area contributed by atoms with Gasteiger partial charge in [-0.3, -0.25) is 0 Å². The van der Waals surface area contributed by atoms with Crippen LogP contribution in [-0.2, 0) is 0 Å². The molecule has 4 nitrogen and oxygen atoms in total. The number of ether oxygens (including phenoxy) is 1. The molecule has 0 aliphatic heterocycles. The first-order valence-electron chi connectivity index (χ1n) is 10.1. The molecule has 3 aromatic rings. The molecule has 1 unspecified atom stereocenters. The van der Waals surface area contributed by atoms with Gasteiger partial charge in [-0.1, -0.05) is 43.6 Å². The quantitative estimate of drug-likeness (QED) is 0.449. The lowest BCUT2D eigenvalue weighted by molar-refractivity contribution is 0.295. The number of pyridine rings is 1. The van der Waals surface area contributed by atoms with E-state index in [4.69, 9.17) is 21.3 Å². The molecule has 0 saturated heterocycles. The molecule has 1 heterocycles. The Morgan fingerprint density at radius 1 is 1.14 bits per heavy atom. The summed E-state index contributed by atoms with van der Waals surface area (Å²) in [5, 5.41) is 6.46. The highest BCUT2D eigenvalue weighted by molar-refractivity contribution is 6.36. The van der Waals surface area contributed by atoms with Crippen LogP contribution in [0.4, 0.5) is 5.69 Å². The summed E-state index contributed by atoms with van der Waals surface area (Å²) in [5.41, 5.74) is 2.83. The van der Waals surface area contributed by atoms with Crippen LogP contribution in [0.15, 0.2) is 36.4 Å². The maximum atomic E-state index is 6.52. The number of hydrogen-bond acceptors (Lipinski definition) is 4. The van der Waals surface area contributed by atoms with Crippen molar-refractivity contribution in [2.45, 2.75) is 39.7 Å². The van der Waals surface area contributed by atoms with Crippen molar-refractivity contribution in [3.05, 3.63) is 41.4 Å². The summed E-state index contributed by atoms with van der Waals surface area (Å²) in [6.45, 7) is 10.0. The van der Waals surface area contributed by atoms with Gasteiger partial charge in [0.15, 0.2) is 0 Å². The number of benzene rings is 2. The minimum Gasteiger partial charge on any atom is -0.497 e. The number of halogens is 1. The third-order valence-corrected chi connectivity index (χ3v) is 5.63. The van der Waals surface area contributed by atoms with E-state index < -0.39 is 0 Å². The van der Waals surface area contributed by atoms with E-state index in [9.17, 15) is 0 Å². The molecule has 0 radical (unpaired) electrons. The van der Waals surface area contributed by atoms with Crippen LogP contribution < -0.4 is 10.1 Å². The first-order chi connectivity index (χ1) is 13.6. The van der Waals surface area contributed by atoms with Crippen molar-refractivity contribution in [1.29, 1.82) is 0 Å². The molecule has 1 atom stereocenters. The van der Waals surface area contributed by atoms with Gasteiger partial charge < -0.3 is 15.0 Å². The fraction of sp³-hybridized carbons (Fsp3) is 0.435. The van der Waals surface area contributed by atoms with E-state index in [2.05, 4.69) is 37.1 Å². The molecular weight excluding hydrogens is 370 g/mol. The van der Waals surface area contributed by atoms with Crippen LogP contribution in [0.1, 0.15) is 33.6 Å². The van der Waals surface area contributed by atoms with Crippen molar-refractivity contribution in [2.24, 2.45) is 0 Å². The predicted molar refractivity (Wildman–Crippen MR) is 121 cm³/mol. The van der Waals surface area contributed by atoms with Gasteiger partial charge in [-0.05, 0) is 51.5 Å². The molecule has 2 aromatic carbocycles. The van der Waals surface area contributed by atoms with Crippen molar-refractivity contribution in [1.82, 2.24) is 9.88 Å². The van der Waals surface area contributed by atoms with Crippen molar-refractivity contribution in [2.75, 3.05) is 32.1 Å². The number of hydrogen-bond donors (Lipinski definition) is 1. The first kappa shape index (κ1) is 20.7. The normalized spacial score (nSPS) is 12.6. The second-order valence-corrected chi connectivity index (χ2v) is 7.63.